The molecule has 0 bridgehead atoms. The van der Waals surface area contributed by atoms with Crippen molar-refractivity contribution in [3.05, 3.63) is 29.3 Å². The van der Waals surface area contributed by atoms with Gasteiger partial charge in [-0.25, -0.2) is 8.78 Å². The monoisotopic (exact) mass is 269 g/mol. The third-order valence-corrected chi connectivity index (χ3v) is 2.62. The van der Waals surface area contributed by atoms with E-state index in [4.69, 9.17) is 0 Å². The van der Waals surface area contributed by atoms with Gasteiger partial charge in [-0.15, -0.1) is 0 Å². The number of hydrogen-bond donors (Lipinski definition) is 1. The number of anilines is 1. The maximum Gasteiger partial charge on any atom is 0.282 e. The van der Waals surface area contributed by atoms with Crippen LogP contribution in [0.1, 0.15) is 28.3 Å². The van der Waals surface area contributed by atoms with Gasteiger partial charge in [0.25, 0.3) is 12.3 Å². The number of aryl methyl sites for hydroxylation is 3. The van der Waals surface area contributed by atoms with Gasteiger partial charge in [0.1, 0.15) is 11.4 Å². The molecule has 2 aromatic rings. The van der Waals surface area contributed by atoms with Crippen molar-refractivity contribution in [1.82, 2.24) is 19.6 Å². The standard InChI is InChI=1S/C11H13F2N5O/c1-6-8(5-17(2)15-6)14-11(19)9-4-7(10(12)13)16-18(9)3/h4-5,10H,1-3H3,(H,14,19). The van der Waals surface area contributed by atoms with Crippen LogP contribution >= 0.6 is 0 Å². The fraction of sp³-hybridized carbons (Fsp3) is 0.364. The predicted molar refractivity (Wildman–Crippen MR) is 64.1 cm³/mol. The lowest BCUT2D eigenvalue weighted by Gasteiger charge is -2.03. The average molecular weight is 269 g/mol. The highest BCUT2D eigenvalue weighted by Gasteiger charge is 2.19. The zero-order valence-electron chi connectivity index (χ0n) is 10.7. The lowest BCUT2D eigenvalue weighted by Crippen LogP contribution is -2.16. The molecule has 1 N–H and O–H groups in total. The molecule has 102 valence electrons. The quantitative estimate of drug-likeness (QED) is 0.921. The maximum absolute atomic E-state index is 12.5. The van der Waals surface area contributed by atoms with Crippen LogP contribution < -0.4 is 5.32 Å². The second-order valence-electron chi connectivity index (χ2n) is 4.13. The second kappa shape index (κ2) is 4.79. The van der Waals surface area contributed by atoms with E-state index in [0.717, 1.165) is 10.7 Å². The van der Waals surface area contributed by atoms with Gasteiger partial charge >= 0.3 is 0 Å². The molecule has 6 nitrogen and oxygen atoms in total. The number of nitrogens with zero attached hydrogens (tertiary/aromatic N) is 4. The number of amides is 1. The summed E-state index contributed by atoms with van der Waals surface area (Å²) in [6.45, 7) is 1.74. The number of halogens is 2. The molecule has 0 atom stereocenters. The van der Waals surface area contributed by atoms with Crippen molar-refractivity contribution in [3.8, 4) is 0 Å². The Morgan fingerprint density at radius 2 is 2.05 bits per heavy atom. The van der Waals surface area contributed by atoms with Crippen LogP contribution in [-0.4, -0.2) is 25.5 Å². The van der Waals surface area contributed by atoms with E-state index in [1.165, 1.54) is 7.05 Å². The van der Waals surface area contributed by atoms with E-state index < -0.39 is 18.0 Å². The summed E-state index contributed by atoms with van der Waals surface area (Å²) in [6.07, 6.45) is -1.06. The van der Waals surface area contributed by atoms with Crippen molar-refractivity contribution in [2.45, 2.75) is 13.3 Å². The molecule has 0 saturated carbocycles. The molecule has 0 fully saturated rings. The molecule has 0 aliphatic rings. The number of aromatic nitrogens is 4. The van der Waals surface area contributed by atoms with E-state index >= 15 is 0 Å². The Hall–Kier alpha value is -2.25. The van der Waals surface area contributed by atoms with Gasteiger partial charge in [-0.05, 0) is 13.0 Å². The summed E-state index contributed by atoms with van der Waals surface area (Å²) >= 11 is 0. The zero-order valence-corrected chi connectivity index (χ0v) is 10.7. The van der Waals surface area contributed by atoms with E-state index in [1.807, 2.05) is 0 Å². The Kier molecular flexibility index (Phi) is 3.32. The van der Waals surface area contributed by atoms with E-state index in [1.54, 1.807) is 24.9 Å². The van der Waals surface area contributed by atoms with Crippen LogP contribution in [0.15, 0.2) is 12.3 Å². The molecule has 1 amide bonds. The summed E-state index contributed by atoms with van der Waals surface area (Å²) in [4.78, 5) is 12.0. The van der Waals surface area contributed by atoms with Gasteiger partial charge < -0.3 is 5.32 Å². The molecular formula is C11H13F2N5O. The van der Waals surface area contributed by atoms with Gasteiger partial charge in [-0.3, -0.25) is 14.2 Å². The fourth-order valence-corrected chi connectivity index (χ4v) is 1.72. The molecule has 0 aromatic carbocycles. The van der Waals surface area contributed by atoms with Crippen LogP contribution in [-0.2, 0) is 14.1 Å². The van der Waals surface area contributed by atoms with Crippen LogP contribution in [0.4, 0.5) is 14.5 Å². The molecule has 2 heterocycles. The number of alkyl halides is 2. The van der Waals surface area contributed by atoms with Crippen molar-refractivity contribution in [3.63, 3.8) is 0 Å². The van der Waals surface area contributed by atoms with Crippen LogP contribution in [0, 0.1) is 6.92 Å². The van der Waals surface area contributed by atoms with Crippen LogP contribution in [0.2, 0.25) is 0 Å². The molecule has 2 aromatic heterocycles. The van der Waals surface area contributed by atoms with Crippen molar-refractivity contribution in [1.29, 1.82) is 0 Å². The smallest absolute Gasteiger partial charge is 0.282 e. The van der Waals surface area contributed by atoms with Gasteiger partial charge in [0.05, 0.1) is 11.4 Å². The molecule has 0 aliphatic carbocycles. The third-order valence-electron chi connectivity index (χ3n) is 2.62. The Morgan fingerprint density at radius 3 is 2.53 bits per heavy atom. The normalized spacial score (nSPS) is 11.1. The average Bonchev–Trinajstić information content (AvgIpc) is 2.83. The molecule has 8 heteroatoms. The second-order valence-corrected chi connectivity index (χ2v) is 4.13. The van der Waals surface area contributed by atoms with Crippen molar-refractivity contribution >= 4 is 11.6 Å². The molecular weight excluding hydrogens is 256 g/mol. The molecule has 0 unspecified atom stereocenters. The van der Waals surface area contributed by atoms with Crippen molar-refractivity contribution < 1.29 is 13.6 Å². The molecule has 2 rings (SSSR count). The molecule has 0 saturated heterocycles. The molecule has 0 radical (unpaired) electrons. The first-order valence-electron chi connectivity index (χ1n) is 5.52. The third kappa shape index (κ3) is 2.61. The minimum absolute atomic E-state index is 0.0681. The number of nitrogens with one attached hydrogen (secondary N) is 1. The van der Waals surface area contributed by atoms with Crippen molar-refractivity contribution in [2.75, 3.05) is 5.32 Å². The first-order chi connectivity index (χ1) is 8.88. The SMILES string of the molecule is Cc1nn(C)cc1NC(=O)c1cc(C(F)F)nn1C. The van der Waals surface area contributed by atoms with Gasteiger partial charge in [-0.1, -0.05) is 0 Å². The summed E-state index contributed by atoms with van der Waals surface area (Å²) in [5.41, 5.74) is 0.827. The first kappa shape index (κ1) is 13.2. The first-order valence-corrected chi connectivity index (χ1v) is 5.52. The predicted octanol–water partition coefficient (Wildman–Crippen LogP) is 1.65. The van der Waals surface area contributed by atoms with Crippen LogP contribution in [0.5, 0.6) is 0 Å². The van der Waals surface area contributed by atoms with E-state index in [-0.39, 0.29) is 5.69 Å². The van der Waals surface area contributed by atoms with Gasteiger partial charge in [0.15, 0.2) is 0 Å². The number of hydrogen-bond acceptors (Lipinski definition) is 3. The number of carbonyl (C=O) groups is 1. The van der Waals surface area contributed by atoms with Gasteiger partial charge in [-0.2, -0.15) is 10.2 Å². The minimum atomic E-state index is -2.70. The highest BCUT2D eigenvalue weighted by molar-refractivity contribution is 6.03. The maximum atomic E-state index is 12.5. The Morgan fingerprint density at radius 1 is 1.37 bits per heavy atom. The lowest BCUT2D eigenvalue weighted by molar-refractivity contribution is 0.101. The largest absolute Gasteiger partial charge is 0.318 e. The highest BCUT2D eigenvalue weighted by Crippen LogP contribution is 2.19. The van der Waals surface area contributed by atoms with E-state index in [0.29, 0.717) is 11.4 Å². The molecule has 0 spiro atoms. The highest BCUT2D eigenvalue weighted by atomic mass is 19.3. The van der Waals surface area contributed by atoms with Gasteiger partial charge in [0, 0.05) is 20.3 Å². The van der Waals surface area contributed by atoms with Crippen molar-refractivity contribution in [2.24, 2.45) is 14.1 Å². The zero-order chi connectivity index (χ0) is 14.2. The molecule has 19 heavy (non-hydrogen) atoms. The lowest BCUT2D eigenvalue weighted by atomic mass is 10.3. The minimum Gasteiger partial charge on any atom is -0.318 e. The summed E-state index contributed by atoms with van der Waals surface area (Å²) in [5, 5.41) is 10.3. The van der Waals surface area contributed by atoms with Gasteiger partial charge in [0.2, 0.25) is 0 Å². The molecule has 0 aliphatic heterocycles. The summed E-state index contributed by atoms with van der Waals surface area (Å²) in [5.74, 6) is -0.502. The number of rotatable bonds is 3. The summed E-state index contributed by atoms with van der Waals surface area (Å²) in [7, 11) is 3.17. The Labute approximate surface area is 108 Å². The number of carbonyl (C=O) groups excluding carboxylic acids is 1. The Bertz CT molecular complexity index is 617. The topological polar surface area (TPSA) is 64.7 Å². The van der Waals surface area contributed by atoms with E-state index in [2.05, 4.69) is 15.5 Å². The fourth-order valence-electron chi connectivity index (χ4n) is 1.72. The Balaban J connectivity index is 2.23. The van der Waals surface area contributed by atoms with E-state index in [9.17, 15) is 13.6 Å². The summed E-state index contributed by atoms with van der Waals surface area (Å²) < 4.78 is 27.7. The van der Waals surface area contributed by atoms with Crippen LogP contribution in [0.3, 0.4) is 0 Å². The van der Waals surface area contributed by atoms with Crippen LogP contribution in [0.25, 0.3) is 0 Å². The summed E-state index contributed by atoms with van der Waals surface area (Å²) in [6, 6.07) is 1.08.